The van der Waals surface area contributed by atoms with Gasteiger partial charge in [0.2, 0.25) is 0 Å². The van der Waals surface area contributed by atoms with Crippen molar-refractivity contribution in [1.82, 2.24) is 0 Å². The van der Waals surface area contributed by atoms with E-state index in [1.54, 1.807) is 0 Å². The van der Waals surface area contributed by atoms with E-state index in [1.165, 1.54) is 12.8 Å². The van der Waals surface area contributed by atoms with Gasteiger partial charge in [-0.25, -0.2) is 4.79 Å². The third-order valence-corrected chi connectivity index (χ3v) is 2.28. The lowest BCUT2D eigenvalue weighted by Crippen LogP contribution is -2.41. The van der Waals surface area contributed by atoms with E-state index in [1.807, 2.05) is 0 Å². The predicted molar refractivity (Wildman–Crippen MR) is 48.8 cm³/mol. The van der Waals surface area contributed by atoms with Crippen molar-refractivity contribution in [3.8, 4) is 0 Å². The van der Waals surface area contributed by atoms with Crippen LogP contribution in [-0.2, 0) is 9.53 Å². The smallest absolute Gasteiger partial charge is 0.475 e. The average Bonchev–Trinajstić information content (AvgIpc) is 2.84. The maximum absolute atomic E-state index is 10.6. The van der Waals surface area contributed by atoms with E-state index < -0.39 is 12.1 Å². The van der Waals surface area contributed by atoms with Gasteiger partial charge in [-0.15, -0.1) is 0 Å². The lowest BCUT2D eigenvalue weighted by molar-refractivity contribution is -0.192. The van der Waals surface area contributed by atoms with Crippen molar-refractivity contribution in [2.45, 2.75) is 50.1 Å². The second-order valence-electron chi connectivity index (χ2n) is 3.99. The van der Waals surface area contributed by atoms with Crippen LogP contribution in [0, 0.1) is 0 Å². The van der Waals surface area contributed by atoms with E-state index in [-0.39, 0.29) is 0 Å². The minimum absolute atomic E-state index is 0.439. The molecule has 0 aromatic carbocycles. The minimum atomic E-state index is -5.08. The molecule has 16 heavy (non-hydrogen) atoms. The molecule has 2 aliphatic rings. The predicted octanol–water partition coefficient (Wildman–Crippen LogP) is 1.29. The van der Waals surface area contributed by atoms with Crippen molar-refractivity contribution >= 4 is 5.97 Å². The summed E-state index contributed by atoms with van der Waals surface area (Å²) in [6, 6.07) is 0.439. The van der Waals surface area contributed by atoms with Gasteiger partial charge in [0.25, 0.3) is 0 Å². The highest BCUT2D eigenvalue weighted by molar-refractivity contribution is 5.73. The minimum Gasteiger partial charge on any atom is -0.475 e. The van der Waals surface area contributed by atoms with Gasteiger partial charge in [0.15, 0.2) is 0 Å². The number of carboxylic acid groups (broad SMARTS) is 1. The van der Waals surface area contributed by atoms with Crippen molar-refractivity contribution in [2.24, 2.45) is 5.73 Å². The number of ether oxygens (including phenoxy) is 1. The molecular weight excluding hydrogens is 227 g/mol. The molecule has 2 rings (SSSR count). The van der Waals surface area contributed by atoms with Gasteiger partial charge < -0.3 is 15.6 Å². The van der Waals surface area contributed by atoms with Crippen LogP contribution in [0.25, 0.3) is 0 Å². The van der Waals surface area contributed by atoms with Crippen LogP contribution in [0.1, 0.15) is 25.7 Å². The van der Waals surface area contributed by atoms with Gasteiger partial charge in [-0.3, -0.25) is 0 Å². The summed E-state index contributed by atoms with van der Waals surface area (Å²) in [6.07, 6.45) is 0.805. The molecule has 0 atom stereocenters. The Bertz CT molecular complexity index is 247. The molecule has 0 saturated heterocycles. The van der Waals surface area contributed by atoms with Gasteiger partial charge in [-0.05, 0) is 25.7 Å². The third kappa shape index (κ3) is 4.80. The summed E-state index contributed by atoms with van der Waals surface area (Å²) in [4.78, 5) is 8.90. The number of aliphatic carboxylic acids is 1. The van der Waals surface area contributed by atoms with Crippen LogP contribution in [0.3, 0.4) is 0 Å². The van der Waals surface area contributed by atoms with Crippen LogP contribution in [0.15, 0.2) is 0 Å². The van der Waals surface area contributed by atoms with Crippen molar-refractivity contribution in [1.29, 1.82) is 0 Å². The first-order valence-electron chi connectivity index (χ1n) is 5.00. The summed E-state index contributed by atoms with van der Waals surface area (Å²) in [5.74, 6) is -2.76. The van der Waals surface area contributed by atoms with E-state index in [4.69, 9.17) is 20.4 Å². The molecule has 4 nitrogen and oxygen atoms in total. The molecule has 0 heterocycles. The lowest BCUT2D eigenvalue weighted by Gasteiger charge is -2.32. The first kappa shape index (κ1) is 13.2. The Balaban J connectivity index is 0.000000168. The summed E-state index contributed by atoms with van der Waals surface area (Å²) >= 11 is 0. The molecule has 7 heteroatoms. The molecule has 0 aromatic rings. The highest BCUT2D eigenvalue weighted by Crippen LogP contribution is 2.31. The number of carbonyl (C=O) groups is 1. The van der Waals surface area contributed by atoms with Gasteiger partial charge >= 0.3 is 12.1 Å². The number of hydrogen-bond donors (Lipinski definition) is 2. The fourth-order valence-electron chi connectivity index (χ4n) is 1.19. The summed E-state index contributed by atoms with van der Waals surface area (Å²) < 4.78 is 37.3. The van der Waals surface area contributed by atoms with E-state index in [9.17, 15) is 13.2 Å². The van der Waals surface area contributed by atoms with Crippen LogP contribution in [-0.4, -0.2) is 35.5 Å². The van der Waals surface area contributed by atoms with Crippen LogP contribution < -0.4 is 5.73 Å². The Morgan fingerprint density at radius 3 is 1.94 bits per heavy atom. The van der Waals surface area contributed by atoms with Gasteiger partial charge in [-0.2, -0.15) is 13.2 Å². The molecule has 0 radical (unpaired) electrons. The van der Waals surface area contributed by atoms with Crippen molar-refractivity contribution in [3.05, 3.63) is 0 Å². The van der Waals surface area contributed by atoms with Gasteiger partial charge in [0.1, 0.15) is 0 Å². The van der Waals surface area contributed by atoms with E-state index >= 15 is 0 Å². The highest BCUT2D eigenvalue weighted by atomic mass is 19.4. The zero-order chi connectivity index (χ0) is 12.3. The van der Waals surface area contributed by atoms with Gasteiger partial charge in [-0.1, -0.05) is 0 Å². The standard InChI is InChI=1S/C7H13NO.C2HF3O2/c8-5-3-7(4-5)9-6-1-2-6;3-2(4,5)1(6)7/h5-7H,1-4,8H2;(H,6,7)/t5-,7-;. The number of carboxylic acids is 1. The molecule has 0 spiro atoms. The van der Waals surface area contributed by atoms with Crippen LogP contribution in [0.4, 0.5) is 13.2 Å². The van der Waals surface area contributed by atoms with Gasteiger partial charge in [0.05, 0.1) is 12.2 Å². The fourth-order valence-corrected chi connectivity index (χ4v) is 1.19. The molecule has 0 bridgehead atoms. The van der Waals surface area contributed by atoms with Gasteiger partial charge in [0, 0.05) is 6.04 Å². The largest absolute Gasteiger partial charge is 0.490 e. The quantitative estimate of drug-likeness (QED) is 0.764. The highest BCUT2D eigenvalue weighted by Gasteiger charge is 2.38. The topological polar surface area (TPSA) is 72.5 Å². The second kappa shape index (κ2) is 5.01. The molecule has 2 saturated carbocycles. The molecule has 2 fully saturated rings. The zero-order valence-corrected chi connectivity index (χ0v) is 8.54. The van der Waals surface area contributed by atoms with E-state index in [2.05, 4.69) is 0 Å². The van der Waals surface area contributed by atoms with Crippen molar-refractivity contribution < 1.29 is 27.8 Å². The Hall–Kier alpha value is -0.820. The van der Waals surface area contributed by atoms with Crippen LogP contribution in [0.5, 0.6) is 0 Å². The molecule has 0 unspecified atom stereocenters. The molecule has 0 aliphatic heterocycles. The second-order valence-corrected chi connectivity index (χ2v) is 3.99. The average molecular weight is 241 g/mol. The monoisotopic (exact) mass is 241 g/mol. The maximum Gasteiger partial charge on any atom is 0.490 e. The third-order valence-electron chi connectivity index (χ3n) is 2.28. The van der Waals surface area contributed by atoms with Crippen molar-refractivity contribution in [3.63, 3.8) is 0 Å². The first-order chi connectivity index (χ1) is 7.29. The zero-order valence-electron chi connectivity index (χ0n) is 8.54. The van der Waals surface area contributed by atoms with E-state index in [0.29, 0.717) is 18.2 Å². The number of rotatable bonds is 2. The Morgan fingerprint density at radius 1 is 1.25 bits per heavy atom. The van der Waals surface area contributed by atoms with Crippen molar-refractivity contribution in [2.75, 3.05) is 0 Å². The fraction of sp³-hybridized carbons (Fsp3) is 0.889. The molecule has 0 amide bonds. The number of hydrogen-bond acceptors (Lipinski definition) is 3. The summed E-state index contributed by atoms with van der Waals surface area (Å²) in [6.45, 7) is 0. The summed E-state index contributed by atoms with van der Waals surface area (Å²) in [7, 11) is 0. The Morgan fingerprint density at radius 2 is 1.69 bits per heavy atom. The Labute approximate surface area is 90.6 Å². The first-order valence-corrected chi connectivity index (χ1v) is 5.00. The number of alkyl halides is 3. The summed E-state index contributed by atoms with van der Waals surface area (Å²) in [5, 5.41) is 7.12. The van der Waals surface area contributed by atoms with Crippen LogP contribution in [0.2, 0.25) is 0 Å². The lowest BCUT2D eigenvalue weighted by atomic mass is 9.90. The molecule has 0 aromatic heterocycles. The molecular formula is C9H14F3NO3. The molecule has 2 aliphatic carbocycles. The maximum atomic E-state index is 10.6. The Kier molecular flexibility index (Phi) is 4.15. The number of nitrogens with two attached hydrogens (primary N) is 1. The van der Waals surface area contributed by atoms with Crippen LogP contribution >= 0.6 is 0 Å². The van der Waals surface area contributed by atoms with E-state index in [0.717, 1.165) is 12.8 Å². The SMILES string of the molecule is N[C@H]1C[C@H](OC2CC2)C1.O=C(O)C(F)(F)F. The number of halogens is 3. The molecule has 3 N–H and O–H groups in total. The summed E-state index contributed by atoms with van der Waals surface area (Å²) in [5.41, 5.74) is 5.59. The normalized spacial score (nSPS) is 28.8. The molecule has 94 valence electrons.